The van der Waals surface area contributed by atoms with E-state index in [0.29, 0.717) is 6.04 Å². The molecule has 0 radical (unpaired) electrons. The fraction of sp³-hybridized carbons (Fsp3) is 0.600. The quantitative estimate of drug-likeness (QED) is 0.880. The molecule has 3 heteroatoms. The first-order valence-corrected chi connectivity index (χ1v) is 7.28. The van der Waals surface area contributed by atoms with Crippen LogP contribution in [0.5, 0.6) is 0 Å². The zero-order chi connectivity index (χ0) is 13.0. The van der Waals surface area contributed by atoms with Crippen LogP contribution in [-0.2, 0) is 0 Å². The molecule has 100 valence electrons. The molecular formula is C15H23ClN2. The Labute approximate surface area is 115 Å². The van der Waals surface area contributed by atoms with Crippen molar-refractivity contribution in [1.82, 2.24) is 10.2 Å². The van der Waals surface area contributed by atoms with Gasteiger partial charge in [-0.25, -0.2) is 0 Å². The van der Waals surface area contributed by atoms with Crippen LogP contribution < -0.4 is 5.32 Å². The van der Waals surface area contributed by atoms with Crippen LogP contribution in [-0.4, -0.2) is 31.1 Å². The van der Waals surface area contributed by atoms with Gasteiger partial charge in [-0.2, -0.15) is 0 Å². The lowest BCUT2D eigenvalue weighted by Crippen LogP contribution is -2.28. The minimum atomic E-state index is 0.468. The van der Waals surface area contributed by atoms with E-state index in [1.54, 1.807) is 0 Å². The van der Waals surface area contributed by atoms with Crippen LogP contribution in [0.25, 0.3) is 0 Å². The summed E-state index contributed by atoms with van der Waals surface area (Å²) in [7, 11) is 0. The number of rotatable bonds is 5. The smallest absolute Gasteiger partial charge is 0.0409 e. The molecule has 0 saturated carbocycles. The van der Waals surface area contributed by atoms with Crippen molar-refractivity contribution in [3.63, 3.8) is 0 Å². The number of hydrogen-bond donors (Lipinski definition) is 1. The average molecular weight is 267 g/mol. The Morgan fingerprint density at radius 3 is 3.06 bits per heavy atom. The largest absolute Gasteiger partial charge is 0.317 e. The van der Waals surface area contributed by atoms with Gasteiger partial charge in [0.2, 0.25) is 0 Å². The molecule has 18 heavy (non-hydrogen) atoms. The first-order chi connectivity index (χ1) is 8.70. The van der Waals surface area contributed by atoms with E-state index < -0.39 is 0 Å². The summed E-state index contributed by atoms with van der Waals surface area (Å²) in [5.41, 5.74) is 1.33. The van der Waals surface area contributed by atoms with Crippen molar-refractivity contribution in [1.29, 1.82) is 0 Å². The summed E-state index contributed by atoms with van der Waals surface area (Å²) in [6.45, 7) is 9.06. The summed E-state index contributed by atoms with van der Waals surface area (Å²) in [4.78, 5) is 2.56. The molecule has 1 aliphatic heterocycles. The third-order valence-electron chi connectivity index (χ3n) is 3.88. The molecule has 1 aromatic carbocycles. The van der Waals surface area contributed by atoms with E-state index in [2.05, 4.69) is 36.2 Å². The molecule has 1 aliphatic rings. The Balaban J connectivity index is 1.92. The Hall–Kier alpha value is -0.570. The van der Waals surface area contributed by atoms with Gasteiger partial charge in [0, 0.05) is 17.6 Å². The number of halogens is 1. The van der Waals surface area contributed by atoms with Gasteiger partial charge < -0.3 is 5.32 Å². The molecule has 0 bridgehead atoms. The van der Waals surface area contributed by atoms with Gasteiger partial charge in [0.1, 0.15) is 0 Å². The van der Waals surface area contributed by atoms with E-state index in [1.165, 1.54) is 25.1 Å². The molecule has 1 heterocycles. The monoisotopic (exact) mass is 266 g/mol. The molecule has 1 aromatic rings. The van der Waals surface area contributed by atoms with Crippen molar-refractivity contribution in [3.05, 3.63) is 34.9 Å². The first-order valence-electron chi connectivity index (χ1n) is 6.91. The van der Waals surface area contributed by atoms with Gasteiger partial charge in [0.15, 0.2) is 0 Å². The molecule has 0 aliphatic carbocycles. The molecule has 2 atom stereocenters. The summed E-state index contributed by atoms with van der Waals surface area (Å²) in [6.07, 6.45) is 1.30. The maximum absolute atomic E-state index is 6.06. The molecular weight excluding hydrogens is 244 g/mol. The normalized spacial score (nSPS) is 22.3. The summed E-state index contributed by atoms with van der Waals surface area (Å²) in [5.74, 6) is 0.798. The van der Waals surface area contributed by atoms with Crippen LogP contribution in [0.2, 0.25) is 5.02 Å². The van der Waals surface area contributed by atoms with Gasteiger partial charge in [-0.1, -0.05) is 30.7 Å². The lowest BCUT2D eigenvalue weighted by molar-refractivity contribution is 0.252. The topological polar surface area (TPSA) is 15.3 Å². The van der Waals surface area contributed by atoms with Crippen LogP contribution in [0, 0.1) is 5.92 Å². The van der Waals surface area contributed by atoms with Crippen molar-refractivity contribution in [2.24, 2.45) is 5.92 Å². The van der Waals surface area contributed by atoms with E-state index in [1.807, 2.05) is 12.1 Å². The summed E-state index contributed by atoms with van der Waals surface area (Å²) >= 11 is 6.06. The van der Waals surface area contributed by atoms with Crippen LogP contribution in [0.15, 0.2) is 24.3 Å². The fourth-order valence-electron chi connectivity index (χ4n) is 2.71. The number of nitrogens with zero attached hydrogens (tertiary/aromatic N) is 1. The predicted octanol–water partition coefficient (Wildman–Crippen LogP) is 3.33. The van der Waals surface area contributed by atoms with Crippen molar-refractivity contribution in [3.8, 4) is 0 Å². The molecule has 0 spiro atoms. The lowest BCUT2D eigenvalue weighted by Gasteiger charge is -2.25. The van der Waals surface area contributed by atoms with E-state index in [4.69, 9.17) is 11.6 Å². The van der Waals surface area contributed by atoms with Crippen molar-refractivity contribution >= 4 is 11.6 Å². The van der Waals surface area contributed by atoms with Gasteiger partial charge in [-0.3, -0.25) is 4.90 Å². The van der Waals surface area contributed by atoms with Crippen LogP contribution in [0.4, 0.5) is 0 Å². The van der Waals surface area contributed by atoms with Gasteiger partial charge >= 0.3 is 0 Å². The molecule has 0 amide bonds. The van der Waals surface area contributed by atoms with Crippen LogP contribution in [0.3, 0.4) is 0 Å². The third-order valence-corrected chi connectivity index (χ3v) is 4.11. The van der Waals surface area contributed by atoms with Gasteiger partial charge in [-0.05, 0) is 56.6 Å². The number of likely N-dealkylation sites (tertiary alicyclic amines) is 1. The zero-order valence-electron chi connectivity index (χ0n) is 11.3. The van der Waals surface area contributed by atoms with E-state index in [-0.39, 0.29) is 0 Å². The number of nitrogens with one attached hydrogen (secondary N) is 1. The third kappa shape index (κ3) is 3.47. The molecule has 1 saturated heterocycles. The van der Waals surface area contributed by atoms with E-state index in [9.17, 15) is 0 Å². The van der Waals surface area contributed by atoms with Crippen LogP contribution >= 0.6 is 11.6 Å². The summed E-state index contributed by atoms with van der Waals surface area (Å²) < 4.78 is 0. The fourth-order valence-corrected chi connectivity index (χ4v) is 2.91. The maximum atomic E-state index is 6.06. The van der Waals surface area contributed by atoms with E-state index in [0.717, 1.165) is 24.0 Å². The maximum Gasteiger partial charge on any atom is 0.0409 e. The minimum Gasteiger partial charge on any atom is -0.317 e. The average Bonchev–Trinajstić information content (AvgIpc) is 2.84. The molecule has 1 N–H and O–H groups in total. The SMILES string of the molecule is CCNCC1CCN(C(C)c2cccc(Cl)c2)C1. The highest BCUT2D eigenvalue weighted by atomic mass is 35.5. The van der Waals surface area contributed by atoms with Gasteiger partial charge in [-0.15, -0.1) is 0 Å². The highest BCUT2D eigenvalue weighted by Crippen LogP contribution is 2.28. The van der Waals surface area contributed by atoms with Gasteiger partial charge in [0.05, 0.1) is 0 Å². The Morgan fingerprint density at radius 2 is 2.33 bits per heavy atom. The highest BCUT2D eigenvalue weighted by molar-refractivity contribution is 6.30. The number of benzene rings is 1. The summed E-state index contributed by atoms with van der Waals surface area (Å²) in [6, 6.07) is 8.71. The predicted molar refractivity (Wildman–Crippen MR) is 78.1 cm³/mol. The Morgan fingerprint density at radius 1 is 1.50 bits per heavy atom. The standard InChI is InChI=1S/C15H23ClN2/c1-3-17-10-13-7-8-18(11-13)12(2)14-5-4-6-15(16)9-14/h4-6,9,12-13,17H,3,7-8,10-11H2,1-2H3. The van der Waals surface area contributed by atoms with Crippen LogP contribution in [0.1, 0.15) is 31.9 Å². The molecule has 2 rings (SSSR count). The first kappa shape index (κ1) is 13.9. The van der Waals surface area contributed by atoms with Gasteiger partial charge in [0.25, 0.3) is 0 Å². The van der Waals surface area contributed by atoms with Crippen molar-refractivity contribution < 1.29 is 0 Å². The Bertz CT molecular complexity index is 381. The second kappa shape index (κ2) is 6.55. The minimum absolute atomic E-state index is 0.468. The van der Waals surface area contributed by atoms with Crippen molar-refractivity contribution in [2.45, 2.75) is 26.3 Å². The molecule has 1 fully saturated rings. The molecule has 2 nitrogen and oxygen atoms in total. The molecule has 2 unspecified atom stereocenters. The lowest BCUT2D eigenvalue weighted by atomic mass is 10.1. The van der Waals surface area contributed by atoms with E-state index >= 15 is 0 Å². The van der Waals surface area contributed by atoms with Crippen molar-refractivity contribution in [2.75, 3.05) is 26.2 Å². The second-order valence-electron chi connectivity index (χ2n) is 5.19. The zero-order valence-corrected chi connectivity index (χ0v) is 12.1. The highest BCUT2D eigenvalue weighted by Gasteiger charge is 2.26. The second-order valence-corrected chi connectivity index (χ2v) is 5.62. The Kier molecular flexibility index (Phi) is 5.04. The number of hydrogen-bond acceptors (Lipinski definition) is 2. The molecule has 0 aromatic heterocycles. The summed E-state index contributed by atoms with van der Waals surface area (Å²) in [5, 5.41) is 4.29.